The first kappa shape index (κ1) is 89.5. The van der Waals surface area contributed by atoms with Gasteiger partial charge in [0, 0.05) is 99.4 Å². The van der Waals surface area contributed by atoms with E-state index in [1.54, 1.807) is 24.3 Å². The molecule has 8 aromatic heterocycles. The Kier molecular flexibility index (Phi) is 22.8. The number of rotatable bonds is 12. The molecule has 8 heterocycles. The Morgan fingerprint density at radius 2 is 0.360 bits per heavy atom. The third-order valence-electron chi connectivity index (χ3n) is 27.8. The number of hydrogen-bond donors (Lipinski definition) is 0. The van der Waals surface area contributed by atoms with Gasteiger partial charge in [-0.15, -0.1) is 9.97 Å². The summed E-state index contributed by atoms with van der Waals surface area (Å²) in [4.78, 5) is 33.5. The van der Waals surface area contributed by atoms with E-state index in [0.29, 0.717) is 0 Å². The average molecular weight is 1920 g/mol. The van der Waals surface area contributed by atoms with Crippen LogP contribution in [0.15, 0.2) is 473 Å². The fraction of sp³-hybridized carbons (Fsp3) is 0. The molecule has 0 atom stereocenters. The molecule has 0 bridgehead atoms. The summed E-state index contributed by atoms with van der Waals surface area (Å²) in [6.45, 7) is 14.5. The van der Waals surface area contributed by atoms with Crippen LogP contribution in [0.1, 0.15) is 22.8 Å². The lowest BCUT2D eigenvalue weighted by molar-refractivity contribution is 1.13. The second-order valence-corrected chi connectivity index (χ2v) is 36.2. The Balaban J connectivity index is 0.000000106. The minimum atomic E-state index is -0.303. The highest BCUT2D eigenvalue weighted by Gasteiger charge is 2.29. The van der Waals surface area contributed by atoms with Gasteiger partial charge in [0.15, 0.2) is 22.8 Å². The normalized spacial score (nSPS) is 11.2. The third-order valence-corrected chi connectivity index (χ3v) is 27.8. The molecule has 0 fully saturated rings. The van der Waals surface area contributed by atoms with Gasteiger partial charge in [-0.25, -0.2) is 19.9 Å². The minimum absolute atomic E-state index is 0.00714. The van der Waals surface area contributed by atoms with Gasteiger partial charge in [0.2, 0.25) is 11.0 Å². The lowest BCUT2D eigenvalue weighted by Gasteiger charge is -2.26. The maximum atomic E-state index is 9.30. The molecule has 28 rings (SSSR count). The smallest absolute Gasteiger partial charge is 0.307 e. The van der Waals surface area contributed by atoms with Gasteiger partial charge >= 0.3 is 11.6 Å². The van der Waals surface area contributed by atoms with Crippen molar-refractivity contribution in [3.8, 4) is 97.2 Å². The summed E-state index contributed by atoms with van der Waals surface area (Å²) in [5, 5.41) is 50.0. The van der Waals surface area contributed by atoms with E-state index in [9.17, 15) is 21.0 Å². The largest absolute Gasteiger partial charge is 0.358 e. The Morgan fingerprint density at radius 1 is 0.180 bits per heavy atom. The van der Waals surface area contributed by atoms with Crippen LogP contribution >= 0.6 is 0 Å². The van der Waals surface area contributed by atoms with Gasteiger partial charge in [0.1, 0.15) is 46.3 Å². The van der Waals surface area contributed by atoms with Crippen LogP contribution in [-0.2, 0) is 0 Å². The molecule has 18 heteroatoms. The van der Waals surface area contributed by atoms with Crippen molar-refractivity contribution >= 4 is 171 Å². The molecule has 18 nitrogen and oxygen atoms in total. The number of anilines is 3. The summed E-state index contributed by atoms with van der Waals surface area (Å²) in [5.74, 6) is -0.605. The van der Waals surface area contributed by atoms with Gasteiger partial charge in [0.25, 0.3) is 0 Å². The van der Waals surface area contributed by atoms with Crippen molar-refractivity contribution in [2.24, 2.45) is 0 Å². The summed E-state index contributed by atoms with van der Waals surface area (Å²) in [6.07, 6.45) is 0. The number of aromatic nitrogens is 11. The zero-order chi connectivity index (χ0) is 101. The van der Waals surface area contributed by atoms with Crippen molar-refractivity contribution in [3.05, 3.63) is 519 Å². The van der Waals surface area contributed by atoms with E-state index >= 15 is 0 Å². The number of nitriles is 4. The van der Waals surface area contributed by atoms with Crippen LogP contribution in [-0.4, -0.2) is 52.7 Å². The SMILES string of the molecule is [C-]#[N+]c1nc2c(nc1C#N)c1nc(C#N)c(C#N)nc1c1nc(C#N)c([N+]#[C-])nc12.c1cc(-n2c3ccccc3c3ccccc32)cc(-n2c3ccccc3c3ccccc32)c1.c1ccc(-c2ccc(N(c3ccc(-c4ccccc4)cc3)c3ccc(-c4ccc(-n5c6ccccc6c6ccccc65)cc4)cc3)cc2)cc1.c1ccc2c(c1)c1ccccc1n2-c1ccc(-c2ccc(-n3c4ccccc4c4ccccc43)cc2)cc1. The molecule has 0 saturated heterocycles. The molecule has 0 saturated carbocycles. The standard InChI is InChI=1S/C48H34N2.C36H24N2.C30H20N2.C18N12/c1-3-11-35(12-4-1)37-19-27-41(28-20-37)49(42-29-21-38(22-30-42)36-13-5-2-6-14-36)43-31-23-39(24-32-43)40-25-33-44(34-26-40)50-47-17-9-7-15-45(47)46-16-8-10-18-48(46)50;1-5-13-33-29(9-1)30-10-2-6-14-34(30)37(33)27-21-17-25(18-22-27)26-19-23-28(24-20-26)38-35-15-7-3-11-31(35)32-12-4-8-16-36(32)38;1-5-16-27-23(12-1)24-13-2-6-17-28(24)31(27)21-10-9-11-22(20-21)32-29-18-7-3-14-25(29)26-15-4-8-19-30(26)32;1-23-17-9(5-21)27-13-11-12(26-8(4-20)7(3-19)25-11)14-16(15(13)29-17)30-18(24-2)10(6-22)28-14/h1-34H;1-24H;1-20H;. The van der Waals surface area contributed by atoms with E-state index in [1.165, 1.54) is 176 Å². The molecular weight excluding hydrogens is 1840 g/mol. The van der Waals surface area contributed by atoms with E-state index in [0.717, 1.165) is 22.7 Å². The molecule has 150 heavy (non-hydrogen) atoms. The summed E-state index contributed by atoms with van der Waals surface area (Å²) in [7, 11) is 0. The van der Waals surface area contributed by atoms with Gasteiger partial charge in [-0.1, -0.05) is 335 Å². The van der Waals surface area contributed by atoms with Crippen LogP contribution < -0.4 is 4.90 Å². The van der Waals surface area contributed by atoms with Crippen LogP contribution in [0.25, 0.3) is 225 Å². The first-order valence-electron chi connectivity index (χ1n) is 48.8. The Hall–Kier alpha value is -21.8. The van der Waals surface area contributed by atoms with Crippen molar-refractivity contribution in [2.75, 3.05) is 4.90 Å². The Labute approximate surface area is 859 Å². The molecule has 0 unspecified atom stereocenters. The van der Waals surface area contributed by atoms with Crippen LogP contribution in [0.3, 0.4) is 0 Å². The monoisotopic (exact) mass is 1910 g/mol. The molecule has 20 aromatic carbocycles. The first-order valence-corrected chi connectivity index (χ1v) is 48.8. The molecule has 28 aromatic rings. The summed E-state index contributed by atoms with van der Waals surface area (Å²) >= 11 is 0. The molecule has 0 aliphatic heterocycles. The van der Waals surface area contributed by atoms with Crippen LogP contribution in [0.2, 0.25) is 0 Å². The van der Waals surface area contributed by atoms with Gasteiger partial charge in [-0.05, 0) is 196 Å². The Morgan fingerprint density at radius 3 is 0.573 bits per heavy atom. The van der Waals surface area contributed by atoms with E-state index in [2.05, 4.69) is 541 Å². The second kappa shape index (κ2) is 38.2. The topological polar surface area (TPSA) is 209 Å². The number of fused-ring (bicyclic) bond motifs is 21. The van der Waals surface area contributed by atoms with Crippen LogP contribution in [0.5, 0.6) is 0 Å². The number of hydrogen-bond acceptors (Lipinski definition) is 11. The van der Waals surface area contributed by atoms with Crippen molar-refractivity contribution < 1.29 is 0 Å². The average Bonchev–Trinajstić information content (AvgIpc) is 1.19. The lowest BCUT2D eigenvalue weighted by Crippen LogP contribution is -2.09. The molecule has 0 N–H and O–H groups in total. The highest BCUT2D eigenvalue weighted by atomic mass is 15.1. The fourth-order valence-electron chi connectivity index (χ4n) is 21.0. The van der Waals surface area contributed by atoms with Crippen molar-refractivity contribution in [1.82, 2.24) is 52.7 Å². The molecule has 0 spiro atoms. The molecular formula is C132H78N18. The first-order chi connectivity index (χ1) is 74.2. The quantitative estimate of drug-likeness (QED) is 0.0830. The van der Waals surface area contributed by atoms with Gasteiger partial charge < -0.3 is 37.4 Å². The predicted octanol–water partition coefficient (Wildman–Crippen LogP) is 32.8. The van der Waals surface area contributed by atoms with Gasteiger partial charge in [0.05, 0.1) is 55.2 Å². The lowest BCUT2D eigenvalue weighted by atomic mass is 10.0. The van der Waals surface area contributed by atoms with Gasteiger partial charge in [-0.3, -0.25) is 0 Å². The van der Waals surface area contributed by atoms with E-state index < -0.39 is 0 Å². The molecule has 0 radical (unpaired) electrons. The highest BCUT2D eigenvalue weighted by Crippen LogP contribution is 2.44. The Bertz CT molecular complexity index is 9540. The van der Waals surface area contributed by atoms with Gasteiger partial charge in [-0.2, -0.15) is 21.0 Å². The van der Waals surface area contributed by atoms with Crippen LogP contribution in [0.4, 0.5) is 28.7 Å². The van der Waals surface area contributed by atoms with Crippen molar-refractivity contribution in [3.63, 3.8) is 0 Å². The number of para-hydroxylation sites is 10. The highest BCUT2D eigenvalue weighted by molar-refractivity contribution is 6.20. The fourth-order valence-corrected chi connectivity index (χ4v) is 21.0. The van der Waals surface area contributed by atoms with Crippen LogP contribution in [0, 0.1) is 58.5 Å². The maximum absolute atomic E-state index is 9.30. The third kappa shape index (κ3) is 15.8. The molecule has 0 amide bonds. The summed E-state index contributed by atoms with van der Waals surface area (Å²) < 4.78 is 11.8. The zero-order valence-electron chi connectivity index (χ0n) is 80.1. The number of nitrogens with zero attached hydrogens (tertiary/aromatic N) is 18. The zero-order valence-corrected chi connectivity index (χ0v) is 80.1. The van der Waals surface area contributed by atoms with E-state index in [1.807, 2.05) is 0 Å². The van der Waals surface area contributed by atoms with E-state index in [-0.39, 0.29) is 67.5 Å². The minimum Gasteiger partial charge on any atom is -0.358 e. The van der Waals surface area contributed by atoms with E-state index in [4.69, 9.17) is 13.1 Å². The number of benzene rings is 20. The molecule has 0 aliphatic rings. The molecule has 696 valence electrons. The molecule has 0 aliphatic carbocycles. The van der Waals surface area contributed by atoms with Crippen molar-refractivity contribution in [1.29, 1.82) is 21.0 Å². The second-order valence-electron chi connectivity index (χ2n) is 36.2. The van der Waals surface area contributed by atoms with Crippen molar-refractivity contribution in [2.45, 2.75) is 0 Å². The predicted molar refractivity (Wildman–Crippen MR) is 605 cm³/mol. The summed E-state index contributed by atoms with van der Waals surface area (Å²) in [6, 6.07) is 177. The summed E-state index contributed by atoms with van der Waals surface area (Å²) in [5.41, 5.74) is 29.9. The maximum Gasteiger partial charge on any atom is 0.307 e.